The lowest BCUT2D eigenvalue weighted by atomic mass is 10.1. The van der Waals surface area contributed by atoms with E-state index in [1.165, 1.54) is 0 Å². The molecule has 2 aromatic heterocycles. The maximum atomic E-state index is 4.39. The SMILES string of the molecule is Brc1sc2c(-c3ccccc3)ncnc2c1Br. The Morgan fingerprint density at radius 1 is 1.00 bits per heavy atom. The maximum absolute atomic E-state index is 4.39. The number of rotatable bonds is 1. The molecule has 0 N–H and O–H groups in total. The molecule has 0 aliphatic rings. The molecule has 17 heavy (non-hydrogen) atoms. The van der Waals surface area contributed by atoms with Crippen molar-refractivity contribution < 1.29 is 0 Å². The normalized spacial score (nSPS) is 10.9. The third-order valence-electron chi connectivity index (χ3n) is 2.42. The summed E-state index contributed by atoms with van der Waals surface area (Å²) < 4.78 is 3.14. The third-order valence-corrected chi connectivity index (χ3v) is 5.85. The Morgan fingerprint density at radius 3 is 2.53 bits per heavy atom. The van der Waals surface area contributed by atoms with Gasteiger partial charge in [-0.15, -0.1) is 11.3 Å². The molecular formula is C12H6Br2N2S. The second kappa shape index (κ2) is 4.48. The lowest BCUT2D eigenvalue weighted by molar-refractivity contribution is 1.23. The van der Waals surface area contributed by atoms with Crippen molar-refractivity contribution in [3.8, 4) is 11.3 Å². The molecule has 0 aliphatic carbocycles. The van der Waals surface area contributed by atoms with Gasteiger partial charge < -0.3 is 0 Å². The maximum Gasteiger partial charge on any atom is 0.116 e. The molecule has 0 amide bonds. The highest BCUT2D eigenvalue weighted by atomic mass is 79.9. The molecule has 3 aromatic rings. The Bertz CT molecular complexity index is 680. The van der Waals surface area contributed by atoms with E-state index in [4.69, 9.17) is 0 Å². The van der Waals surface area contributed by atoms with Crippen LogP contribution < -0.4 is 0 Å². The second-order valence-electron chi connectivity index (χ2n) is 3.46. The molecule has 1 aromatic carbocycles. The Morgan fingerprint density at radius 2 is 1.76 bits per heavy atom. The first-order chi connectivity index (χ1) is 8.27. The van der Waals surface area contributed by atoms with Gasteiger partial charge in [-0.2, -0.15) is 0 Å². The molecule has 0 spiro atoms. The van der Waals surface area contributed by atoms with Gasteiger partial charge in [-0.05, 0) is 31.9 Å². The van der Waals surface area contributed by atoms with Crippen LogP contribution in [0.1, 0.15) is 0 Å². The number of nitrogens with zero attached hydrogens (tertiary/aromatic N) is 2. The highest BCUT2D eigenvalue weighted by molar-refractivity contribution is 9.13. The predicted molar refractivity (Wildman–Crippen MR) is 78.3 cm³/mol. The topological polar surface area (TPSA) is 25.8 Å². The van der Waals surface area contributed by atoms with Crippen LogP contribution in [0.15, 0.2) is 44.9 Å². The summed E-state index contributed by atoms with van der Waals surface area (Å²) in [6.07, 6.45) is 1.61. The smallest absolute Gasteiger partial charge is 0.116 e. The minimum Gasteiger partial charge on any atom is -0.235 e. The van der Waals surface area contributed by atoms with Crippen LogP contribution in [0.5, 0.6) is 0 Å². The van der Waals surface area contributed by atoms with Crippen LogP contribution in [0.4, 0.5) is 0 Å². The van der Waals surface area contributed by atoms with E-state index in [9.17, 15) is 0 Å². The molecule has 0 fully saturated rings. The van der Waals surface area contributed by atoms with Crippen LogP contribution in [0.25, 0.3) is 21.5 Å². The monoisotopic (exact) mass is 368 g/mol. The Labute approximate surface area is 119 Å². The van der Waals surface area contributed by atoms with E-state index < -0.39 is 0 Å². The minimum atomic E-state index is 0.954. The molecule has 0 saturated heterocycles. The van der Waals surface area contributed by atoms with E-state index in [2.05, 4.69) is 54.0 Å². The number of halogens is 2. The lowest BCUT2D eigenvalue weighted by Gasteiger charge is -2.00. The molecule has 0 aliphatic heterocycles. The van der Waals surface area contributed by atoms with Crippen LogP contribution in [-0.4, -0.2) is 9.97 Å². The largest absolute Gasteiger partial charge is 0.235 e. The summed E-state index contributed by atoms with van der Waals surface area (Å²) in [5.74, 6) is 0. The van der Waals surface area contributed by atoms with Crippen molar-refractivity contribution in [3.05, 3.63) is 44.9 Å². The molecule has 5 heteroatoms. The average Bonchev–Trinajstić information content (AvgIpc) is 2.67. The quantitative estimate of drug-likeness (QED) is 0.610. The first-order valence-electron chi connectivity index (χ1n) is 4.91. The van der Waals surface area contributed by atoms with Gasteiger partial charge in [0.25, 0.3) is 0 Å². The highest BCUT2D eigenvalue weighted by Crippen LogP contribution is 2.41. The summed E-state index contributed by atoms with van der Waals surface area (Å²) in [7, 11) is 0. The lowest BCUT2D eigenvalue weighted by Crippen LogP contribution is -1.85. The Kier molecular flexibility index (Phi) is 2.98. The summed E-state index contributed by atoms with van der Waals surface area (Å²) >= 11 is 8.69. The Hall–Kier alpha value is -0.780. The minimum absolute atomic E-state index is 0.954. The van der Waals surface area contributed by atoms with Gasteiger partial charge in [-0.3, -0.25) is 0 Å². The first-order valence-corrected chi connectivity index (χ1v) is 7.31. The predicted octanol–water partition coefficient (Wildman–Crippen LogP) is 4.88. The van der Waals surface area contributed by atoms with Crippen molar-refractivity contribution in [1.82, 2.24) is 9.97 Å². The number of hydrogen-bond donors (Lipinski definition) is 0. The van der Waals surface area contributed by atoms with Gasteiger partial charge in [-0.25, -0.2) is 9.97 Å². The fourth-order valence-corrected chi connectivity index (χ4v) is 3.89. The fourth-order valence-electron chi connectivity index (χ4n) is 1.66. The third kappa shape index (κ3) is 1.92. The van der Waals surface area contributed by atoms with Gasteiger partial charge in [0.1, 0.15) is 11.8 Å². The fraction of sp³-hybridized carbons (Fsp3) is 0. The molecule has 3 rings (SSSR count). The van der Waals surface area contributed by atoms with Crippen molar-refractivity contribution in [2.75, 3.05) is 0 Å². The van der Waals surface area contributed by atoms with Gasteiger partial charge in [-0.1, -0.05) is 30.3 Å². The zero-order chi connectivity index (χ0) is 11.8. The van der Waals surface area contributed by atoms with Crippen molar-refractivity contribution in [2.45, 2.75) is 0 Å². The van der Waals surface area contributed by atoms with E-state index in [0.29, 0.717) is 0 Å². The van der Waals surface area contributed by atoms with Crippen LogP contribution in [0, 0.1) is 0 Å². The second-order valence-corrected chi connectivity index (χ2v) is 6.59. The van der Waals surface area contributed by atoms with Crippen molar-refractivity contribution in [2.24, 2.45) is 0 Å². The zero-order valence-corrected chi connectivity index (χ0v) is 12.5. The van der Waals surface area contributed by atoms with Crippen LogP contribution in [0.2, 0.25) is 0 Å². The summed E-state index contributed by atoms with van der Waals surface area (Å²) in [4.78, 5) is 8.70. The van der Waals surface area contributed by atoms with E-state index in [0.717, 1.165) is 29.7 Å². The summed E-state index contributed by atoms with van der Waals surface area (Å²) in [5, 5.41) is 0. The summed E-state index contributed by atoms with van der Waals surface area (Å²) in [6.45, 7) is 0. The molecule has 0 unspecified atom stereocenters. The van der Waals surface area contributed by atoms with Crippen molar-refractivity contribution in [3.63, 3.8) is 0 Å². The number of hydrogen-bond acceptors (Lipinski definition) is 3. The van der Waals surface area contributed by atoms with Gasteiger partial charge in [0.05, 0.1) is 18.7 Å². The number of thiophene rings is 1. The average molecular weight is 370 g/mol. The first kappa shape index (κ1) is 11.3. The molecule has 0 saturated carbocycles. The molecule has 0 radical (unpaired) electrons. The van der Waals surface area contributed by atoms with Crippen molar-refractivity contribution in [1.29, 1.82) is 0 Å². The Balaban J connectivity index is 2.35. The molecule has 0 atom stereocenters. The number of benzene rings is 1. The highest BCUT2D eigenvalue weighted by Gasteiger charge is 2.14. The molecular weight excluding hydrogens is 364 g/mol. The van der Waals surface area contributed by atoms with E-state index in [1.807, 2.05) is 18.2 Å². The van der Waals surface area contributed by atoms with Crippen LogP contribution in [-0.2, 0) is 0 Å². The number of aromatic nitrogens is 2. The standard InChI is InChI=1S/C12H6Br2N2S/c13-8-10-11(17-12(8)14)9(15-6-16-10)7-4-2-1-3-5-7/h1-6H. The van der Waals surface area contributed by atoms with Crippen LogP contribution in [0.3, 0.4) is 0 Å². The van der Waals surface area contributed by atoms with E-state index >= 15 is 0 Å². The van der Waals surface area contributed by atoms with Gasteiger partial charge in [0.15, 0.2) is 0 Å². The molecule has 0 bridgehead atoms. The zero-order valence-electron chi connectivity index (χ0n) is 8.52. The summed E-state index contributed by atoms with van der Waals surface area (Å²) in [5.41, 5.74) is 3.05. The van der Waals surface area contributed by atoms with E-state index in [-0.39, 0.29) is 0 Å². The molecule has 84 valence electrons. The van der Waals surface area contributed by atoms with E-state index in [1.54, 1.807) is 17.7 Å². The number of fused-ring (bicyclic) bond motifs is 1. The molecule has 2 heterocycles. The van der Waals surface area contributed by atoms with Gasteiger partial charge in [0.2, 0.25) is 0 Å². The van der Waals surface area contributed by atoms with Crippen molar-refractivity contribution >= 4 is 53.4 Å². The van der Waals surface area contributed by atoms with Gasteiger partial charge in [0, 0.05) is 5.56 Å². The van der Waals surface area contributed by atoms with Gasteiger partial charge >= 0.3 is 0 Å². The van der Waals surface area contributed by atoms with Crippen LogP contribution >= 0.6 is 43.2 Å². The summed E-state index contributed by atoms with van der Waals surface area (Å²) in [6, 6.07) is 10.1. The molecule has 2 nitrogen and oxygen atoms in total.